The molecule has 0 amide bonds. The maximum atomic E-state index is 13.7. The van der Waals surface area contributed by atoms with Crippen molar-refractivity contribution in [1.82, 2.24) is 0 Å². The third-order valence-electron chi connectivity index (χ3n) is 7.78. The van der Waals surface area contributed by atoms with Gasteiger partial charge in [0.05, 0.1) is 22.5 Å². The van der Waals surface area contributed by atoms with Crippen LogP contribution >= 0.6 is 0 Å². The molecule has 5 rings (SSSR count). The Morgan fingerprint density at radius 2 is 0.875 bits per heavy atom. The Kier molecular flexibility index (Phi) is 7.35. The lowest BCUT2D eigenvalue weighted by Gasteiger charge is -2.25. The number of phenolic OH excluding ortho intramolecular Hbond substituents is 2. The first-order valence-electron chi connectivity index (χ1n) is 13.9. The second-order valence-corrected chi connectivity index (χ2v) is 10.0. The summed E-state index contributed by atoms with van der Waals surface area (Å²) >= 11 is 0. The molecule has 0 heterocycles. The van der Waals surface area contributed by atoms with Gasteiger partial charge >= 0.3 is 0 Å². The van der Waals surface area contributed by atoms with Gasteiger partial charge in [0.25, 0.3) is 0 Å². The summed E-state index contributed by atoms with van der Waals surface area (Å²) in [5.41, 5.74) is 7.82. The van der Waals surface area contributed by atoms with Gasteiger partial charge in [-0.2, -0.15) is 0 Å². The first-order chi connectivity index (χ1) is 19.3. The minimum absolute atomic E-state index is 0.169. The first kappa shape index (κ1) is 27.0. The molecule has 0 unspecified atom stereocenters. The fraction of sp³-hybridized carbons (Fsp3) is 0.235. The lowest BCUT2D eigenvalue weighted by atomic mass is 9.82. The second-order valence-electron chi connectivity index (χ2n) is 10.0. The van der Waals surface area contributed by atoms with E-state index in [2.05, 4.69) is 62.6 Å². The summed E-state index contributed by atoms with van der Waals surface area (Å²) in [7, 11) is 0. The van der Waals surface area contributed by atoms with Crippen molar-refractivity contribution in [2.45, 2.75) is 53.4 Å². The lowest BCUT2D eigenvalue weighted by Crippen LogP contribution is -2.22. The Bertz CT molecular complexity index is 1490. The summed E-state index contributed by atoms with van der Waals surface area (Å²) in [4.78, 5) is 27.4. The van der Waals surface area contributed by atoms with Crippen molar-refractivity contribution in [1.29, 1.82) is 0 Å². The number of rotatable bonds is 8. The van der Waals surface area contributed by atoms with Crippen LogP contribution in [0.25, 0.3) is 0 Å². The van der Waals surface area contributed by atoms with Gasteiger partial charge in [0, 0.05) is 22.5 Å². The smallest absolute Gasteiger partial charge is 0.198 e. The van der Waals surface area contributed by atoms with Gasteiger partial charge in [-0.1, -0.05) is 64.1 Å². The van der Waals surface area contributed by atoms with Crippen molar-refractivity contribution in [2.24, 2.45) is 0 Å². The molecule has 6 nitrogen and oxygen atoms in total. The molecule has 1 aliphatic carbocycles. The van der Waals surface area contributed by atoms with E-state index < -0.39 is 11.6 Å². The zero-order valence-corrected chi connectivity index (χ0v) is 23.3. The van der Waals surface area contributed by atoms with E-state index in [1.165, 1.54) is 12.1 Å². The van der Waals surface area contributed by atoms with Crippen LogP contribution in [0.1, 0.15) is 81.8 Å². The highest BCUT2D eigenvalue weighted by Gasteiger charge is 2.35. The summed E-state index contributed by atoms with van der Waals surface area (Å²) in [6.45, 7) is 8.41. The number of para-hydroxylation sites is 2. The number of benzene rings is 4. The molecular weight excluding hydrogens is 500 g/mol. The quantitative estimate of drug-likeness (QED) is 0.153. The number of phenols is 2. The SMILES string of the molecule is CCc1cccc(CC)c1Nc1cc2c(cc1Nc1c(CC)cccc1CC)C(=O)c1c(O)ccc(O)c1C2=O. The van der Waals surface area contributed by atoms with Gasteiger partial charge in [0.1, 0.15) is 11.5 Å². The van der Waals surface area contributed by atoms with Gasteiger partial charge in [-0.25, -0.2) is 0 Å². The predicted octanol–water partition coefficient (Wildman–Crippen LogP) is 7.61. The molecule has 0 saturated carbocycles. The van der Waals surface area contributed by atoms with Crippen molar-refractivity contribution in [3.05, 3.63) is 105 Å². The average molecular weight is 535 g/mol. The minimum Gasteiger partial charge on any atom is -0.507 e. The number of nitrogens with one attached hydrogen (secondary N) is 2. The molecule has 0 saturated heterocycles. The van der Waals surface area contributed by atoms with E-state index in [1.54, 1.807) is 12.1 Å². The third kappa shape index (κ3) is 4.49. The molecule has 1 aliphatic rings. The van der Waals surface area contributed by atoms with Crippen molar-refractivity contribution in [2.75, 3.05) is 10.6 Å². The van der Waals surface area contributed by atoms with E-state index >= 15 is 0 Å². The summed E-state index contributed by atoms with van der Waals surface area (Å²) in [6.07, 6.45) is 3.28. The highest BCUT2D eigenvalue weighted by atomic mass is 16.3. The van der Waals surface area contributed by atoms with Gasteiger partial charge in [-0.15, -0.1) is 0 Å². The number of ketones is 2. The van der Waals surface area contributed by atoms with Crippen molar-refractivity contribution < 1.29 is 19.8 Å². The Labute approximate surface area is 234 Å². The molecule has 0 atom stereocenters. The van der Waals surface area contributed by atoms with E-state index in [0.29, 0.717) is 11.4 Å². The lowest BCUT2D eigenvalue weighted by molar-refractivity contribution is 0.0974. The zero-order valence-electron chi connectivity index (χ0n) is 23.3. The van der Waals surface area contributed by atoms with E-state index in [-0.39, 0.29) is 33.8 Å². The molecule has 40 heavy (non-hydrogen) atoms. The average Bonchev–Trinajstić information content (AvgIpc) is 2.97. The molecule has 0 radical (unpaired) electrons. The standard InChI is InChI=1S/C34H34N2O4/c1-5-19-11-9-12-20(6-2)31(19)35-25-17-23-24(34(40)30-28(38)16-15-27(37)29(30)33(23)39)18-26(25)36-32-21(7-3)13-10-14-22(32)8-4/h9-18,35-38H,5-8H2,1-4H3. The number of aryl methyl sites for hydroxylation is 4. The number of aromatic hydroxyl groups is 2. The van der Waals surface area contributed by atoms with Gasteiger partial charge in [0.15, 0.2) is 11.6 Å². The van der Waals surface area contributed by atoms with E-state index in [4.69, 9.17) is 0 Å². The van der Waals surface area contributed by atoms with Crippen LogP contribution in [0.4, 0.5) is 22.7 Å². The summed E-state index contributed by atoms with van der Waals surface area (Å²) in [5.74, 6) is -1.67. The number of fused-ring (bicyclic) bond motifs is 2. The summed E-state index contributed by atoms with van der Waals surface area (Å²) in [5, 5.41) is 28.2. The normalized spacial score (nSPS) is 12.2. The van der Waals surface area contributed by atoms with Crippen LogP contribution < -0.4 is 10.6 Å². The van der Waals surface area contributed by atoms with Gasteiger partial charge in [-0.3, -0.25) is 9.59 Å². The molecule has 204 valence electrons. The highest BCUT2D eigenvalue weighted by Crippen LogP contribution is 2.42. The maximum Gasteiger partial charge on any atom is 0.198 e. The zero-order chi connectivity index (χ0) is 28.6. The van der Waals surface area contributed by atoms with Crippen LogP contribution in [0.3, 0.4) is 0 Å². The molecule has 0 bridgehead atoms. The van der Waals surface area contributed by atoms with Crippen LogP contribution in [-0.4, -0.2) is 21.8 Å². The van der Waals surface area contributed by atoms with E-state index in [0.717, 1.165) is 59.3 Å². The maximum absolute atomic E-state index is 13.7. The summed E-state index contributed by atoms with van der Waals surface area (Å²) in [6, 6.07) is 18.3. The molecule has 4 N–H and O–H groups in total. The fourth-order valence-electron chi connectivity index (χ4n) is 5.57. The van der Waals surface area contributed by atoms with Crippen LogP contribution in [0.15, 0.2) is 60.7 Å². The van der Waals surface area contributed by atoms with Gasteiger partial charge in [0.2, 0.25) is 0 Å². The second kappa shape index (κ2) is 10.9. The molecule has 4 aromatic rings. The fourth-order valence-corrected chi connectivity index (χ4v) is 5.57. The third-order valence-corrected chi connectivity index (χ3v) is 7.78. The Morgan fingerprint density at radius 3 is 1.18 bits per heavy atom. The van der Waals surface area contributed by atoms with Gasteiger partial charge < -0.3 is 20.8 Å². The number of anilines is 4. The van der Waals surface area contributed by atoms with Gasteiger partial charge in [-0.05, 0) is 72.2 Å². The van der Waals surface area contributed by atoms with Crippen molar-refractivity contribution >= 4 is 34.3 Å². The van der Waals surface area contributed by atoms with Crippen molar-refractivity contribution in [3.63, 3.8) is 0 Å². The number of carbonyl (C=O) groups excluding carboxylic acids is 2. The van der Waals surface area contributed by atoms with E-state index in [1.807, 2.05) is 12.1 Å². The minimum atomic E-state index is -0.504. The Hall–Kier alpha value is -4.58. The number of hydrogen-bond donors (Lipinski definition) is 4. The summed E-state index contributed by atoms with van der Waals surface area (Å²) < 4.78 is 0. The molecule has 0 aromatic heterocycles. The van der Waals surface area contributed by atoms with Crippen LogP contribution in [0, 0.1) is 0 Å². The molecule has 4 aromatic carbocycles. The molecule has 0 spiro atoms. The molecule has 6 heteroatoms. The topological polar surface area (TPSA) is 98.7 Å². The molecular formula is C34H34N2O4. The Balaban J connectivity index is 1.75. The highest BCUT2D eigenvalue weighted by molar-refractivity contribution is 6.31. The monoisotopic (exact) mass is 534 g/mol. The van der Waals surface area contributed by atoms with Crippen LogP contribution in [-0.2, 0) is 25.7 Å². The predicted molar refractivity (Wildman–Crippen MR) is 160 cm³/mol. The number of carbonyl (C=O) groups is 2. The van der Waals surface area contributed by atoms with Crippen LogP contribution in [0.2, 0.25) is 0 Å². The van der Waals surface area contributed by atoms with E-state index in [9.17, 15) is 19.8 Å². The first-order valence-corrected chi connectivity index (χ1v) is 13.9. The largest absolute Gasteiger partial charge is 0.507 e. The van der Waals surface area contributed by atoms with Crippen LogP contribution in [0.5, 0.6) is 11.5 Å². The molecule has 0 aliphatic heterocycles. The van der Waals surface area contributed by atoms with Crippen molar-refractivity contribution in [3.8, 4) is 11.5 Å². The number of hydrogen-bond acceptors (Lipinski definition) is 6. The Morgan fingerprint density at radius 1 is 0.550 bits per heavy atom. The molecule has 0 fully saturated rings.